The number of aromatic hydroxyl groups is 1. The number of nitrogens with one attached hydrogen (secondary N) is 3. The second kappa shape index (κ2) is 7.07. The van der Waals surface area contributed by atoms with Crippen molar-refractivity contribution in [2.75, 3.05) is 16.0 Å². The predicted molar refractivity (Wildman–Crippen MR) is 99.4 cm³/mol. The highest BCUT2D eigenvalue weighted by Gasteiger charge is 2.61. The Morgan fingerprint density at radius 3 is 2.29 bits per heavy atom. The molecule has 1 aliphatic heterocycles. The smallest absolute Gasteiger partial charge is 0.436 e. The normalized spacial score (nSPS) is 17.5. The van der Waals surface area contributed by atoms with Crippen LogP contribution in [0, 0.1) is 11.6 Å². The van der Waals surface area contributed by atoms with Crippen molar-refractivity contribution in [1.29, 1.82) is 0 Å². The summed E-state index contributed by atoms with van der Waals surface area (Å²) in [6.07, 6.45) is -3.31. The molecule has 7 nitrogen and oxygen atoms in total. The number of phenolic OH excluding ortho intramolecular Hbond substituents is 1. The van der Waals surface area contributed by atoms with Crippen LogP contribution >= 0.6 is 0 Å². The minimum Gasteiger partial charge on any atom is -0.508 e. The lowest BCUT2D eigenvalue weighted by atomic mass is 10.1. The van der Waals surface area contributed by atoms with Crippen molar-refractivity contribution in [3.8, 4) is 5.75 Å². The van der Waals surface area contributed by atoms with Gasteiger partial charge in [0.15, 0.2) is 5.82 Å². The van der Waals surface area contributed by atoms with Gasteiger partial charge in [-0.15, -0.1) is 0 Å². The van der Waals surface area contributed by atoms with Gasteiger partial charge < -0.3 is 21.1 Å². The molecule has 0 aliphatic carbocycles. The van der Waals surface area contributed by atoms with E-state index in [-0.39, 0.29) is 22.9 Å². The summed E-state index contributed by atoms with van der Waals surface area (Å²) in [7, 11) is 0. The average molecular weight is 437 g/mol. The van der Waals surface area contributed by atoms with Crippen LogP contribution in [0.25, 0.3) is 0 Å². The Morgan fingerprint density at radius 2 is 1.68 bits per heavy atom. The van der Waals surface area contributed by atoms with Crippen LogP contribution < -0.4 is 16.0 Å². The summed E-state index contributed by atoms with van der Waals surface area (Å²) in [6.45, 7) is 0. The second-order valence-corrected chi connectivity index (χ2v) is 6.57. The molecule has 160 valence electrons. The van der Waals surface area contributed by atoms with Crippen molar-refractivity contribution >= 4 is 23.1 Å². The quantitative estimate of drug-likeness (QED) is 0.366. The lowest BCUT2D eigenvalue weighted by Crippen LogP contribution is -2.52. The van der Waals surface area contributed by atoms with E-state index in [0.717, 1.165) is 36.7 Å². The molecule has 31 heavy (non-hydrogen) atoms. The molecule has 1 aliphatic rings. The van der Waals surface area contributed by atoms with Crippen molar-refractivity contribution in [3.63, 3.8) is 0 Å². The number of carbonyl (C=O) groups excluding carboxylic acids is 1. The van der Waals surface area contributed by atoms with Gasteiger partial charge in [0.1, 0.15) is 28.6 Å². The maximum Gasteiger partial charge on any atom is 0.436 e. The number of aromatic nitrogens is 2. The number of phenols is 1. The molecule has 0 saturated heterocycles. The van der Waals surface area contributed by atoms with Crippen molar-refractivity contribution < 1.29 is 31.9 Å². The third-order valence-corrected chi connectivity index (χ3v) is 4.54. The van der Waals surface area contributed by atoms with Gasteiger partial charge in [-0.2, -0.15) is 13.2 Å². The Balaban J connectivity index is 1.63. The fraction of sp³-hybridized carbons (Fsp3) is 0.105. The molecule has 0 radical (unpaired) electrons. The van der Waals surface area contributed by atoms with Crippen LogP contribution in [0.5, 0.6) is 5.75 Å². The van der Waals surface area contributed by atoms with E-state index in [4.69, 9.17) is 0 Å². The molecule has 2 aromatic carbocycles. The Hall–Kier alpha value is -3.96. The van der Waals surface area contributed by atoms with E-state index in [9.17, 15) is 31.9 Å². The molecule has 0 saturated carbocycles. The van der Waals surface area contributed by atoms with Gasteiger partial charge in [-0.3, -0.25) is 9.78 Å². The van der Waals surface area contributed by atoms with Crippen molar-refractivity contribution in [2.24, 2.45) is 0 Å². The van der Waals surface area contributed by atoms with Gasteiger partial charge >= 0.3 is 6.18 Å². The van der Waals surface area contributed by atoms with E-state index in [1.807, 2.05) is 0 Å². The zero-order valence-electron chi connectivity index (χ0n) is 15.3. The number of amides is 1. The molecule has 2 heterocycles. The van der Waals surface area contributed by atoms with E-state index >= 15 is 0 Å². The Kier molecular flexibility index (Phi) is 4.64. The standard InChI is InChI=1S/C19H12F5N5O2/c20-10-2-1-3-11(21)16(10)17(31)27-15-8-25-14(7-26-15)18(19(22,23)24)28-12-5-4-9(30)6-13(12)29-18/h1-8,28-30H,(H,26,27,31). The van der Waals surface area contributed by atoms with Crippen LogP contribution in [0.1, 0.15) is 16.1 Å². The average Bonchev–Trinajstić information content (AvgIpc) is 3.08. The largest absolute Gasteiger partial charge is 0.508 e. The summed E-state index contributed by atoms with van der Waals surface area (Å²) >= 11 is 0. The molecule has 0 bridgehead atoms. The third-order valence-electron chi connectivity index (χ3n) is 4.54. The zero-order chi connectivity index (χ0) is 22.4. The van der Waals surface area contributed by atoms with E-state index in [1.165, 1.54) is 12.1 Å². The Bertz CT molecular complexity index is 1150. The van der Waals surface area contributed by atoms with Crippen LogP contribution in [-0.2, 0) is 5.66 Å². The lowest BCUT2D eigenvalue weighted by Gasteiger charge is -2.32. The predicted octanol–water partition coefficient (Wildman–Crippen LogP) is 3.97. The molecule has 0 spiro atoms. The fourth-order valence-corrected chi connectivity index (χ4v) is 3.07. The number of fused-ring (bicyclic) bond motifs is 1. The summed E-state index contributed by atoms with van der Waals surface area (Å²) in [5, 5.41) is 16.2. The topological polar surface area (TPSA) is 99.2 Å². The molecular weight excluding hydrogens is 425 g/mol. The first-order chi connectivity index (χ1) is 14.6. The molecule has 4 rings (SSSR count). The van der Waals surface area contributed by atoms with Crippen molar-refractivity contribution in [1.82, 2.24) is 9.97 Å². The molecule has 1 unspecified atom stereocenters. The fourth-order valence-electron chi connectivity index (χ4n) is 3.07. The highest BCUT2D eigenvalue weighted by Crippen LogP contribution is 2.48. The van der Waals surface area contributed by atoms with Crippen LogP contribution in [0.4, 0.5) is 39.1 Å². The lowest BCUT2D eigenvalue weighted by molar-refractivity contribution is -0.173. The maximum absolute atomic E-state index is 14.0. The summed E-state index contributed by atoms with van der Waals surface area (Å²) in [5.74, 6) is -3.96. The van der Waals surface area contributed by atoms with Crippen molar-refractivity contribution in [3.05, 3.63) is 71.7 Å². The highest BCUT2D eigenvalue weighted by molar-refractivity contribution is 6.04. The van der Waals surface area contributed by atoms with Gasteiger partial charge in [0.25, 0.3) is 11.6 Å². The summed E-state index contributed by atoms with van der Waals surface area (Å²) < 4.78 is 69.4. The van der Waals surface area contributed by atoms with Gasteiger partial charge in [0.05, 0.1) is 23.8 Å². The molecule has 4 N–H and O–H groups in total. The van der Waals surface area contributed by atoms with E-state index in [1.54, 1.807) is 0 Å². The van der Waals surface area contributed by atoms with Crippen molar-refractivity contribution in [2.45, 2.75) is 11.8 Å². The number of hydrogen-bond donors (Lipinski definition) is 4. The first-order valence-electron chi connectivity index (χ1n) is 8.65. The SMILES string of the molecule is O=C(Nc1cnc(C2(C(F)(F)F)Nc3ccc(O)cc3N2)cn1)c1c(F)cccc1F. The van der Waals surface area contributed by atoms with Crippen LogP contribution in [-0.4, -0.2) is 27.2 Å². The third kappa shape index (κ3) is 3.45. The number of benzene rings is 2. The molecular formula is C19H12F5N5O2. The molecule has 1 aromatic heterocycles. The van der Waals surface area contributed by atoms with Crippen LogP contribution in [0.3, 0.4) is 0 Å². The van der Waals surface area contributed by atoms with Crippen LogP contribution in [0.2, 0.25) is 0 Å². The monoisotopic (exact) mass is 437 g/mol. The number of anilines is 3. The maximum atomic E-state index is 14.0. The molecule has 1 atom stereocenters. The number of halogens is 5. The first-order valence-corrected chi connectivity index (χ1v) is 8.65. The van der Waals surface area contributed by atoms with Gasteiger partial charge in [-0.05, 0) is 24.3 Å². The molecule has 0 fully saturated rings. The zero-order valence-corrected chi connectivity index (χ0v) is 15.3. The summed E-state index contributed by atoms with van der Waals surface area (Å²) in [6, 6.07) is 6.43. The van der Waals surface area contributed by atoms with Crippen LogP contribution in [0.15, 0.2) is 48.8 Å². The van der Waals surface area contributed by atoms with Gasteiger partial charge in [-0.25, -0.2) is 13.8 Å². The molecule has 12 heteroatoms. The Labute approximate surface area is 171 Å². The van der Waals surface area contributed by atoms with E-state index < -0.39 is 40.6 Å². The minimum atomic E-state index is -4.89. The summed E-state index contributed by atoms with van der Waals surface area (Å²) in [5.41, 5.74) is -4.24. The molecule has 3 aromatic rings. The van der Waals surface area contributed by atoms with E-state index in [2.05, 4.69) is 25.9 Å². The van der Waals surface area contributed by atoms with Gasteiger partial charge in [-0.1, -0.05) is 6.07 Å². The number of hydrogen-bond acceptors (Lipinski definition) is 6. The Morgan fingerprint density at radius 1 is 1.00 bits per heavy atom. The first kappa shape index (κ1) is 20.3. The number of alkyl halides is 3. The number of nitrogens with zero attached hydrogens (tertiary/aromatic N) is 2. The van der Waals surface area contributed by atoms with Gasteiger partial charge in [0, 0.05) is 6.07 Å². The van der Waals surface area contributed by atoms with Gasteiger partial charge in [0.2, 0.25) is 0 Å². The summed E-state index contributed by atoms with van der Waals surface area (Å²) in [4.78, 5) is 19.6. The molecule has 1 amide bonds. The number of rotatable bonds is 3. The number of carbonyl (C=O) groups is 1. The second-order valence-electron chi connectivity index (χ2n) is 6.57. The van der Waals surface area contributed by atoms with E-state index in [0.29, 0.717) is 0 Å². The highest BCUT2D eigenvalue weighted by atomic mass is 19.4. The minimum absolute atomic E-state index is 0.00784.